The molecule has 0 saturated carbocycles. The molecule has 74 valence electrons. The molecule has 2 aliphatic heterocycles. The molecule has 13 heavy (non-hydrogen) atoms. The van der Waals surface area contributed by atoms with E-state index in [4.69, 9.17) is 18.9 Å². The van der Waals surface area contributed by atoms with Crippen molar-refractivity contribution in [1.29, 1.82) is 0 Å². The molecule has 2 aliphatic rings. The van der Waals surface area contributed by atoms with Crippen LogP contribution in [0.1, 0.15) is 13.8 Å². The molecule has 0 aromatic heterocycles. The van der Waals surface area contributed by atoms with Gasteiger partial charge in [0.1, 0.15) is 0 Å². The lowest BCUT2D eigenvalue weighted by Gasteiger charge is -2.20. The van der Waals surface area contributed by atoms with Crippen LogP contribution in [0.2, 0.25) is 0 Å². The second kappa shape index (κ2) is 2.67. The molecule has 0 aromatic rings. The zero-order valence-electron chi connectivity index (χ0n) is 7.77. The molecule has 2 fully saturated rings. The van der Waals surface area contributed by atoms with Crippen molar-refractivity contribution in [2.45, 2.75) is 38.1 Å². The maximum atomic E-state index is 11.2. The van der Waals surface area contributed by atoms with Crippen molar-refractivity contribution >= 4 is 5.97 Å². The van der Waals surface area contributed by atoms with Crippen LogP contribution in [0.4, 0.5) is 0 Å². The van der Waals surface area contributed by atoms with Gasteiger partial charge in [-0.1, -0.05) is 0 Å². The van der Waals surface area contributed by atoms with Crippen LogP contribution in [0.25, 0.3) is 0 Å². The molecule has 5 heteroatoms. The smallest absolute Gasteiger partial charge is 0.340 e. The lowest BCUT2D eigenvalue weighted by Crippen LogP contribution is -2.30. The average Bonchev–Trinajstić information content (AvgIpc) is 2.47. The van der Waals surface area contributed by atoms with Gasteiger partial charge in [0.2, 0.25) is 6.29 Å². The van der Waals surface area contributed by atoms with Crippen LogP contribution in [0.15, 0.2) is 0 Å². The molecular weight excluding hydrogens is 176 g/mol. The fraction of sp³-hybridized carbons (Fsp3) is 0.875. The van der Waals surface area contributed by atoms with Gasteiger partial charge < -0.3 is 18.9 Å². The van der Waals surface area contributed by atoms with Crippen molar-refractivity contribution in [3.63, 3.8) is 0 Å². The molecule has 0 radical (unpaired) electrons. The topological polar surface area (TPSA) is 54.0 Å². The van der Waals surface area contributed by atoms with Gasteiger partial charge >= 0.3 is 5.97 Å². The second-order valence-corrected chi connectivity index (χ2v) is 3.56. The van der Waals surface area contributed by atoms with E-state index in [1.807, 2.05) is 0 Å². The number of fused-ring (bicyclic) bond motifs is 1. The molecule has 2 rings (SSSR count). The summed E-state index contributed by atoms with van der Waals surface area (Å²) >= 11 is 0. The summed E-state index contributed by atoms with van der Waals surface area (Å²) in [6, 6.07) is 0. The van der Waals surface area contributed by atoms with E-state index in [1.165, 1.54) is 7.11 Å². The van der Waals surface area contributed by atoms with E-state index in [-0.39, 0.29) is 0 Å². The summed E-state index contributed by atoms with van der Waals surface area (Å²) in [5.41, 5.74) is 0. The summed E-state index contributed by atoms with van der Waals surface area (Å²) in [4.78, 5) is 11.2. The molecule has 0 bridgehead atoms. The molecule has 0 aromatic carbocycles. The monoisotopic (exact) mass is 188 g/mol. The lowest BCUT2D eigenvalue weighted by molar-refractivity contribution is -0.214. The Morgan fingerprint density at radius 1 is 1.38 bits per heavy atom. The van der Waals surface area contributed by atoms with Gasteiger partial charge in [0, 0.05) is 7.11 Å². The van der Waals surface area contributed by atoms with E-state index in [2.05, 4.69) is 0 Å². The van der Waals surface area contributed by atoms with Crippen LogP contribution in [0, 0.1) is 0 Å². The van der Waals surface area contributed by atoms with Gasteiger partial charge in [0.15, 0.2) is 18.0 Å². The first-order valence-corrected chi connectivity index (χ1v) is 4.12. The fourth-order valence-electron chi connectivity index (χ4n) is 1.60. The molecule has 0 spiro atoms. The number of ether oxygens (including phenoxy) is 4. The summed E-state index contributed by atoms with van der Waals surface area (Å²) in [6.07, 6.45) is -1.72. The summed E-state index contributed by atoms with van der Waals surface area (Å²) < 4.78 is 20.6. The number of carbonyl (C=O) groups is 1. The third kappa shape index (κ3) is 1.33. The number of hydrogen-bond acceptors (Lipinski definition) is 5. The third-order valence-electron chi connectivity index (χ3n) is 2.09. The number of carbonyl (C=O) groups excluding carboxylic acids is 1. The van der Waals surface area contributed by atoms with Crippen LogP contribution in [0.5, 0.6) is 0 Å². The van der Waals surface area contributed by atoms with Gasteiger partial charge in [-0.3, -0.25) is 0 Å². The van der Waals surface area contributed by atoms with E-state index >= 15 is 0 Å². The number of methoxy groups -OCH3 is 1. The van der Waals surface area contributed by atoms with Gasteiger partial charge in [-0.15, -0.1) is 0 Å². The standard InChI is InChI=1S/C8H12O5/c1-8(2)12-4-5(13-8)7(10-3)11-6(4)9/h4-5,7H,1-3H3/t4-,5+,7?/m1/s1. The minimum atomic E-state index is -0.731. The second-order valence-electron chi connectivity index (χ2n) is 3.56. The van der Waals surface area contributed by atoms with Gasteiger partial charge in [0.05, 0.1) is 0 Å². The summed E-state index contributed by atoms with van der Waals surface area (Å²) in [7, 11) is 1.47. The van der Waals surface area contributed by atoms with Crippen molar-refractivity contribution < 1.29 is 23.7 Å². The Kier molecular flexibility index (Phi) is 1.83. The van der Waals surface area contributed by atoms with Crippen molar-refractivity contribution in [1.82, 2.24) is 0 Å². The Morgan fingerprint density at radius 2 is 2.08 bits per heavy atom. The summed E-state index contributed by atoms with van der Waals surface area (Å²) in [5, 5.41) is 0. The minimum Gasteiger partial charge on any atom is -0.431 e. The van der Waals surface area contributed by atoms with E-state index in [0.29, 0.717) is 0 Å². The zero-order valence-corrected chi connectivity index (χ0v) is 7.77. The molecule has 5 nitrogen and oxygen atoms in total. The fourth-order valence-corrected chi connectivity index (χ4v) is 1.60. The predicted molar refractivity (Wildman–Crippen MR) is 40.7 cm³/mol. The molecule has 2 saturated heterocycles. The Balaban J connectivity index is 2.17. The average molecular weight is 188 g/mol. The molecule has 3 atom stereocenters. The van der Waals surface area contributed by atoms with Crippen LogP contribution >= 0.6 is 0 Å². The zero-order chi connectivity index (χ0) is 9.64. The number of esters is 1. The van der Waals surface area contributed by atoms with Crippen LogP contribution in [-0.2, 0) is 23.7 Å². The quantitative estimate of drug-likeness (QED) is 0.543. The number of hydrogen-bond donors (Lipinski definition) is 0. The highest BCUT2D eigenvalue weighted by Gasteiger charge is 2.56. The largest absolute Gasteiger partial charge is 0.431 e. The van der Waals surface area contributed by atoms with Crippen molar-refractivity contribution in [3.05, 3.63) is 0 Å². The molecule has 2 heterocycles. The van der Waals surface area contributed by atoms with Crippen molar-refractivity contribution in [3.8, 4) is 0 Å². The van der Waals surface area contributed by atoms with Crippen LogP contribution < -0.4 is 0 Å². The SMILES string of the molecule is COC1OC(=O)[C@@H]2OC(C)(C)O[C@H]12. The van der Waals surface area contributed by atoms with E-state index in [0.717, 1.165) is 0 Å². The Bertz CT molecular complexity index is 237. The van der Waals surface area contributed by atoms with Crippen LogP contribution in [-0.4, -0.2) is 37.4 Å². The highest BCUT2D eigenvalue weighted by atomic mass is 16.8. The Hall–Kier alpha value is -0.650. The Morgan fingerprint density at radius 3 is 2.69 bits per heavy atom. The highest BCUT2D eigenvalue weighted by Crippen LogP contribution is 2.35. The normalized spacial score (nSPS) is 41.8. The van der Waals surface area contributed by atoms with E-state index in [9.17, 15) is 4.79 Å². The molecule has 0 N–H and O–H groups in total. The highest BCUT2D eigenvalue weighted by molar-refractivity contribution is 5.78. The molecule has 0 amide bonds. The van der Waals surface area contributed by atoms with Crippen molar-refractivity contribution in [2.24, 2.45) is 0 Å². The summed E-state index contributed by atoms with van der Waals surface area (Å²) in [5.74, 6) is -1.15. The maximum Gasteiger partial charge on any atom is 0.340 e. The lowest BCUT2D eigenvalue weighted by atomic mass is 10.2. The Labute approximate surface area is 75.9 Å². The predicted octanol–water partition coefficient (Wildman–Crippen LogP) is 0.0358. The van der Waals surface area contributed by atoms with Crippen LogP contribution in [0.3, 0.4) is 0 Å². The third-order valence-corrected chi connectivity index (χ3v) is 2.09. The molecule has 0 aliphatic carbocycles. The van der Waals surface area contributed by atoms with Gasteiger partial charge in [-0.2, -0.15) is 0 Å². The first-order valence-electron chi connectivity index (χ1n) is 4.12. The van der Waals surface area contributed by atoms with E-state index in [1.54, 1.807) is 13.8 Å². The maximum absolute atomic E-state index is 11.2. The van der Waals surface area contributed by atoms with Gasteiger partial charge in [-0.25, -0.2) is 4.79 Å². The minimum absolute atomic E-state index is 0.414. The van der Waals surface area contributed by atoms with Crippen molar-refractivity contribution in [2.75, 3.05) is 7.11 Å². The molecule has 1 unspecified atom stereocenters. The number of cyclic esters (lactones) is 1. The first-order chi connectivity index (χ1) is 6.03. The van der Waals surface area contributed by atoms with Gasteiger partial charge in [-0.05, 0) is 13.8 Å². The number of rotatable bonds is 1. The van der Waals surface area contributed by atoms with E-state index < -0.39 is 30.3 Å². The summed E-state index contributed by atoms with van der Waals surface area (Å²) in [6.45, 7) is 3.51. The first kappa shape index (κ1) is 8.93. The molecular formula is C8H12O5. The van der Waals surface area contributed by atoms with Gasteiger partial charge in [0.25, 0.3) is 0 Å².